The third-order valence-electron chi connectivity index (χ3n) is 2.17. The highest BCUT2D eigenvalue weighted by molar-refractivity contribution is 5.33. The second kappa shape index (κ2) is 4.18. The SMILES string of the molecule is CC[C@H](N)c1c(F)cccc1C(F)(F)F. The Labute approximate surface area is 84.9 Å². The van der Waals surface area contributed by atoms with E-state index in [4.69, 9.17) is 5.73 Å². The molecule has 0 saturated heterocycles. The zero-order valence-corrected chi connectivity index (χ0v) is 8.11. The number of hydrogen-bond acceptors (Lipinski definition) is 1. The summed E-state index contributed by atoms with van der Waals surface area (Å²) >= 11 is 0. The summed E-state index contributed by atoms with van der Waals surface area (Å²) in [5, 5.41) is 0. The number of alkyl halides is 3. The second-order valence-corrected chi connectivity index (χ2v) is 3.21. The molecule has 0 amide bonds. The van der Waals surface area contributed by atoms with Gasteiger partial charge in [0.05, 0.1) is 5.56 Å². The first kappa shape index (κ1) is 12.0. The van der Waals surface area contributed by atoms with Crippen LogP contribution in [0.3, 0.4) is 0 Å². The van der Waals surface area contributed by atoms with Crippen LogP contribution in [0.15, 0.2) is 18.2 Å². The molecular weight excluding hydrogens is 210 g/mol. The van der Waals surface area contributed by atoms with Crippen molar-refractivity contribution in [1.82, 2.24) is 0 Å². The van der Waals surface area contributed by atoms with Gasteiger partial charge in [0, 0.05) is 11.6 Å². The molecule has 2 N–H and O–H groups in total. The Kier molecular flexibility index (Phi) is 3.34. The van der Waals surface area contributed by atoms with Crippen molar-refractivity contribution in [3.05, 3.63) is 35.1 Å². The Morgan fingerprint density at radius 3 is 2.40 bits per heavy atom. The average Bonchev–Trinajstić information content (AvgIpc) is 2.15. The molecule has 0 bridgehead atoms. The number of hydrogen-bond donors (Lipinski definition) is 1. The molecule has 0 heterocycles. The summed E-state index contributed by atoms with van der Waals surface area (Å²) in [4.78, 5) is 0. The molecule has 0 saturated carbocycles. The van der Waals surface area contributed by atoms with Gasteiger partial charge in [-0.3, -0.25) is 0 Å². The van der Waals surface area contributed by atoms with Gasteiger partial charge in [-0.1, -0.05) is 13.0 Å². The molecule has 0 aliphatic heterocycles. The monoisotopic (exact) mass is 221 g/mol. The van der Waals surface area contributed by atoms with Crippen LogP contribution in [0.5, 0.6) is 0 Å². The Morgan fingerprint density at radius 2 is 1.93 bits per heavy atom. The summed E-state index contributed by atoms with van der Waals surface area (Å²) in [6.45, 7) is 1.61. The largest absolute Gasteiger partial charge is 0.416 e. The lowest BCUT2D eigenvalue weighted by atomic mass is 9.98. The first-order valence-corrected chi connectivity index (χ1v) is 4.49. The molecule has 0 fully saturated rings. The number of rotatable bonds is 2. The number of benzene rings is 1. The summed E-state index contributed by atoms with van der Waals surface area (Å²) in [7, 11) is 0. The molecule has 1 nitrogen and oxygen atoms in total. The lowest BCUT2D eigenvalue weighted by Gasteiger charge is -2.17. The molecule has 0 aliphatic rings. The van der Waals surface area contributed by atoms with Gasteiger partial charge in [-0.2, -0.15) is 13.2 Å². The van der Waals surface area contributed by atoms with Gasteiger partial charge in [0.15, 0.2) is 0 Å². The first-order chi connectivity index (χ1) is 6.88. The highest BCUT2D eigenvalue weighted by atomic mass is 19.4. The van der Waals surface area contributed by atoms with Gasteiger partial charge in [-0.25, -0.2) is 4.39 Å². The van der Waals surface area contributed by atoms with Gasteiger partial charge in [0.25, 0.3) is 0 Å². The Hall–Kier alpha value is -1.10. The van der Waals surface area contributed by atoms with Gasteiger partial charge >= 0.3 is 6.18 Å². The van der Waals surface area contributed by atoms with Crippen molar-refractivity contribution in [2.24, 2.45) is 5.73 Å². The maximum atomic E-state index is 13.2. The Morgan fingerprint density at radius 1 is 1.33 bits per heavy atom. The van der Waals surface area contributed by atoms with Crippen LogP contribution in [0.4, 0.5) is 17.6 Å². The third kappa shape index (κ3) is 2.47. The fourth-order valence-electron chi connectivity index (χ4n) is 1.37. The van der Waals surface area contributed by atoms with Crippen LogP contribution < -0.4 is 5.73 Å². The number of nitrogens with two attached hydrogens (primary N) is 1. The smallest absolute Gasteiger partial charge is 0.324 e. The fraction of sp³-hybridized carbons (Fsp3) is 0.400. The van der Waals surface area contributed by atoms with Crippen LogP contribution in [0.2, 0.25) is 0 Å². The van der Waals surface area contributed by atoms with Gasteiger partial charge in [-0.15, -0.1) is 0 Å². The molecule has 0 radical (unpaired) electrons. The second-order valence-electron chi connectivity index (χ2n) is 3.21. The van der Waals surface area contributed by atoms with E-state index in [1.807, 2.05) is 0 Å². The molecule has 0 unspecified atom stereocenters. The molecule has 15 heavy (non-hydrogen) atoms. The van der Waals surface area contributed by atoms with Crippen LogP contribution in [0.25, 0.3) is 0 Å². The van der Waals surface area contributed by atoms with Crippen molar-refractivity contribution in [2.75, 3.05) is 0 Å². The zero-order valence-electron chi connectivity index (χ0n) is 8.11. The van der Waals surface area contributed by atoms with Crippen LogP contribution in [-0.2, 0) is 6.18 Å². The van der Waals surface area contributed by atoms with E-state index in [1.54, 1.807) is 6.92 Å². The van der Waals surface area contributed by atoms with E-state index in [2.05, 4.69) is 0 Å². The summed E-state index contributed by atoms with van der Waals surface area (Å²) in [5.41, 5.74) is 4.01. The van der Waals surface area contributed by atoms with E-state index in [1.165, 1.54) is 0 Å². The molecule has 0 spiro atoms. The molecule has 0 aromatic heterocycles. The van der Waals surface area contributed by atoms with Crippen molar-refractivity contribution in [3.63, 3.8) is 0 Å². The quantitative estimate of drug-likeness (QED) is 0.762. The minimum absolute atomic E-state index is 0.254. The van der Waals surface area contributed by atoms with Crippen LogP contribution >= 0.6 is 0 Å². The molecule has 1 rings (SSSR count). The van der Waals surface area contributed by atoms with E-state index in [0.29, 0.717) is 0 Å². The van der Waals surface area contributed by atoms with Crippen molar-refractivity contribution >= 4 is 0 Å². The minimum Gasteiger partial charge on any atom is -0.324 e. The first-order valence-electron chi connectivity index (χ1n) is 4.49. The molecule has 5 heteroatoms. The van der Waals surface area contributed by atoms with E-state index in [9.17, 15) is 17.6 Å². The molecule has 1 aromatic carbocycles. The highest BCUT2D eigenvalue weighted by Gasteiger charge is 2.35. The van der Waals surface area contributed by atoms with Gasteiger partial charge < -0.3 is 5.73 Å². The van der Waals surface area contributed by atoms with Gasteiger partial charge in [0.2, 0.25) is 0 Å². The van der Waals surface area contributed by atoms with Crippen molar-refractivity contribution in [2.45, 2.75) is 25.6 Å². The third-order valence-corrected chi connectivity index (χ3v) is 2.17. The van der Waals surface area contributed by atoms with Crippen LogP contribution in [-0.4, -0.2) is 0 Å². The maximum absolute atomic E-state index is 13.2. The fourth-order valence-corrected chi connectivity index (χ4v) is 1.37. The van der Waals surface area contributed by atoms with E-state index < -0.39 is 29.2 Å². The summed E-state index contributed by atoms with van der Waals surface area (Å²) in [6, 6.07) is 1.93. The van der Waals surface area contributed by atoms with E-state index >= 15 is 0 Å². The van der Waals surface area contributed by atoms with Crippen molar-refractivity contribution in [3.8, 4) is 0 Å². The highest BCUT2D eigenvalue weighted by Crippen LogP contribution is 2.35. The van der Waals surface area contributed by atoms with E-state index in [-0.39, 0.29) is 6.42 Å². The zero-order chi connectivity index (χ0) is 11.6. The summed E-state index contributed by atoms with van der Waals surface area (Å²) < 4.78 is 50.7. The van der Waals surface area contributed by atoms with Crippen molar-refractivity contribution < 1.29 is 17.6 Å². The maximum Gasteiger partial charge on any atom is 0.416 e. The lowest BCUT2D eigenvalue weighted by Crippen LogP contribution is -2.18. The lowest BCUT2D eigenvalue weighted by molar-refractivity contribution is -0.138. The minimum atomic E-state index is -4.57. The molecular formula is C10H11F4N. The Balaban J connectivity index is 3.33. The number of halogens is 4. The van der Waals surface area contributed by atoms with Gasteiger partial charge in [-0.05, 0) is 18.6 Å². The summed E-state index contributed by atoms with van der Waals surface area (Å²) in [5.74, 6) is -0.904. The topological polar surface area (TPSA) is 26.0 Å². The predicted octanol–water partition coefficient (Wildman–Crippen LogP) is 3.25. The van der Waals surface area contributed by atoms with Crippen molar-refractivity contribution in [1.29, 1.82) is 0 Å². The average molecular weight is 221 g/mol. The predicted molar refractivity (Wildman–Crippen MR) is 48.6 cm³/mol. The van der Waals surface area contributed by atoms with Gasteiger partial charge in [0.1, 0.15) is 5.82 Å². The molecule has 1 atom stereocenters. The van der Waals surface area contributed by atoms with Crippen LogP contribution in [0.1, 0.15) is 30.5 Å². The Bertz CT molecular complexity index is 346. The van der Waals surface area contributed by atoms with Crippen LogP contribution in [0, 0.1) is 5.82 Å². The summed E-state index contributed by atoms with van der Waals surface area (Å²) in [6.07, 6.45) is -4.31. The normalized spacial score (nSPS) is 14.0. The molecule has 84 valence electrons. The molecule has 1 aromatic rings. The standard InChI is InChI=1S/C10H11F4N/c1-2-8(15)9-6(10(12,13)14)4-3-5-7(9)11/h3-5,8H,2,15H2,1H3/t8-/m0/s1. The van der Waals surface area contributed by atoms with E-state index in [0.717, 1.165) is 18.2 Å². The molecule has 0 aliphatic carbocycles.